The second kappa shape index (κ2) is 6.21. The maximum Gasteiger partial charge on any atom is 0.163 e. The van der Waals surface area contributed by atoms with Gasteiger partial charge in [-0.15, -0.1) is 0 Å². The topological polar surface area (TPSA) is 54.0 Å². The highest BCUT2D eigenvalue weighted by atomic mass is 15.2. The third-order valence-corrected chi connectivity index (χ3v) is 4.35. The van der Waals surface area contributed by atoms with Gasteiger partial charge in [-0.3, -0.25) is 0 Å². The average molecular weight is 324 g/mol. The minimum absolute atomic E-state index is 0.643. The summed E-state index contributed by atoms with van der Waals surface area (Å²) in [7, 11) is 0. The Balaban J connectivity index is 1.80. The third-order valence-electron chi connectivity index (χ3n) is 4.35. The maximum absolute atomic E-state index is 8.95. The molecule has 25 heavy (non-hydrogen) atoms. The highest BCUT2D eigenvalue weighted by molar-refractivity contribution is 5.78. The van der Waals surface area contributed by atoms with Gasteiger partial charge in [-0.25, -0.2) is 9.50 Å². The molecule has 2 aromatic carbocycles. The van der Waals surface area contributed by atoms with Gasteiger partial charge in [0, 0.05) is 17.3 Å². The van der Waals surface area contributed by atoms with Gasteiger partial charge < -0.3 is 0 Å². The Morgan fingerprint density at radius 2 is 1.68 bits per heavy atom. The molecule has 2 heterocycles. The lowest BCUT2D eigenvalue weighted by atomic mass is 10.1. The van der Waals surface area contributed by atoms with Gasteiger partial charge in [-0.05, 0) is 35.7 Å². The Labute approximate surface area is 146 Å². The lowest BCUT2D eigenvalue weighted by Gasteiger charge is -2.05. The van der Waals surface area contributed by atoms with Crippen LogP contribution in [0.3, 0.4) is 0 Å². The van der Waals surface area contributed by atoms with E-state index in [4.69, 9.17) is 10.2 Å². The molecule has 4 heteroatoms. The summed E-state index contributed by atoms with van der Waals surface area (Å²) < 4.78 is 1.78. The number of rotatable bonds is 3. The van der Waals surface area contributed by atoms with Crippen molar-refractivity contribution in [3.05, 3.63) is 78.1 Å². The lowest BCUT2D eigenvalue weighted by Crippen LogP contribution is -1.93. The van der Waals surface area contributed by atoms with E-state index in [0.717, 1.165) is 34.5 Å². The summed E-state index contributed by atoms with van der Waals surface area (Å²) in [5, 5.41) is 13.3. The van der Waals surface area contributed by atoms with E-state index in [-0.39, 0.29) is 0 Å². The molecule has 0 bridgehead atoms. The van der Waals surface area contributed by atoms with Crippen LogP contribution in [0.1, 0.15) is 18.1 Å². The summed E-state index contributed by atoms with van der Waals surface area (Å²) in [6.45, 7) is 2.15. The standard InChI is InChI=1S/C21H16N4/c1-2-15-3-9-18(10-4-15)20-11-12-25-21(24-20)19(14-23-25)17-7-5-16(13-22)6-8-17/h3-12,14H,2H2,1H3. The molecule has 0 aliphatic heterocycles. The molecule has 0 amide bonds. The third kappa shape index (κ3) is 2.77. The molecule has 0 saturated carbocycles. The van der Waals surface area contributed by atoms with Gasteiger partial charge in [0.05, 0.1) is 23.5 Å². The molecule has 4 aromatic rings. The molecule has 4 nitrogen and oxygen atoms in total. The molecule has 0 atom stereocenters. The molecule has 0 saturated heterocycles. The monoisotopic (exact) mass is 324 g/mol. The molecule has 2 aromatic heterocycles. The number of benzene rings is 2. The molecule has 0 fully saturated rings. The molecule has 0 unspecified atom stereocenters. The van der Waals surface area contributed by atoms with Gasteiger partial charge >= 0.3 is 0 Å². The van der Waals surface area contributed by atoms with E-state index < -0.39 is 0 Å². The van der Waals surface area contributed by atoms with Crippen LogP contribution in [0.4, 0.5) is 0 Å². The van der Waals surface area contributed by atoms with Crippen molar-refractivity contribution in [2.75, 3.05) is 0 Å². The van der Waals surface area contributed by atoms with E-state index in [1.54, 1.807) is 4.52 Å². The maximum atomic E-state index is 8.95. The summed E-state index contributed by atoms with van der Waals surface area (Å²) in [6.07, 6.45) is 4.77. The van der Waals surface area contributed by atoms with Crippen molar-refractivity contribution >= 4 is 5.65 Å². The van der Waals surface area contributed by atoms with E-state index in [2.05, 4.69) is 42.4 Å². The largest absolute Gasteiger partial charge is 0.228 e. The first-order valence-corrected chi connectivity index (χ1v) is 8.22. The first kappa shape index (κ1) is 15.1. The fraction of sp³-hybridized carbons (Fsp3) is 0.0952. The van der Waals surface area contributed by atoms with Crippen LogP contribution in [0.25, 0.3) is 28.0 Å². The highest BCUT2D eigenvalue weighted by Crippen LogP contribution is 2.26. The molecule has 0 radical (unpaired) electrons. The fourth-order valence-electron chi connectivity index (χ4n) is 2.87. The van der Waals surface area contributed by atoms with E-state index in [1.807, 2.05) is 42.7 Å². The summed E-state index contributed by atoms with van der Waals surface area (Å²) in [5.41, 5.74) is 6.73. The predicted molar refractivity (Wildman–Crippen MR) is 98.0 cm³/mol. The summed E-state index contributed by atoms with van der Waals surface area (Å²) in [5.74, 6) is 0. The summed E-state index contributed by atoms with van der Waals surface area (Å²) >= 11 is 0. The van der Waals surface area contributed by atoms with Gasteiger partial charge in [-0.1, -0.05) is 43.3 Å². The van der Waals surface area contributed by atoms with Crippen LogP contribution in [0.15, 0.2) is 67.0 Å². The first-order chi connectivity index (χ1) is 12.3. The van der Waals surface area contributed by atoms with Crippen molar-refractivity contribution in [1.29, 1.82) is 5.26 Å². The predicted octanol–water partition coefficient (Wildman–Crippen LogP) is 4.50. The van der Waals surface area contributed by atoms with Crippen LogP contribution in [-0.2, 0) is 6.42 Å². The Morgan fingerprint density at radius 1 is 0.960 bits per heavy atom. The second-order valence-electron chi connectivity index (χ2n) is 5.88. The molecule has 0 spiro atoms. The molecule has 0 N–H and O–H groups in total. The van der Waals surface area contributed by atoms with Gasteiger partial charge in [-0.2, -0.15) is 10.4 Å². The van der Waals surface area contributed by atoms with Gasteiger partial charge in [0.15, 0.2) is 5.65 Å². The Hall–Kier alpha value is -3.45. The van der Waals surface area contributed by atoms with Crippen molar-refractivity contribution in [2.45, 2.75) is 13.3 Å². The SMILES string of the molecule is CCc1ccc(-c2ccn3ncc(-c4ccc(C#N)cc4)c3n2)cc1. The highest BCUT2D eigenvalue weighted by Gasteiger charge is 2.10. The minimum atomic E-state index is 0.643. The number of aromatic nitrogens is 3. The van der Waals surface area contributed by atoms with E-state index >= 15 is 0 Å². The minimum Gasteiger partial charge on any atom is -0.228 e. The Morgan fingerprint density at radius 3 is 2.36 bits per heavy atom. The quantitative estimate of drug-likeness (QED) is 0.557. The zero-order chi connectivity index (χ0) is 17.2. The van der Waals surface area contributed by atoms with Gasteiger partial charge in [0.1, 0.15) is 0 Å². The van der Waals surface area contributed by atoms with Gasteiger partial charge in [0.25, 0.3) is 0 Å². The average Bonchev–Trinajstić information content (AvgIpc) is 3.11. The zero-order valence-electron chi connectivity index (χ0n) is 13.8. The molecule has 0 aliphatic carbocycles. The van der Waals surface area contributed by atoms with Gasteiger partial charge in [0.2, 0.25) is 0 Å². The number of nitrogens with zero attached hydrogens (tertiary/aromatic N) is 4. The molecule has 4 rings (SSSR count). The number of hydrogen-bond acceptors (Lipinski definition) is 3. The van der Waals surface area contributed by atoms with Crippen molar-refractivity contribution in [3.63, 3.8) is 0 Å². The van der Waals surface area contributed by atoms with Crippen LogP contribution in [-0.4, -0.2) is 14.6 Å². The van der Waals surface area contributed by atoms with Crippen LogP contribution >= 0.6 is 0 Å². The first-order valence-electron chi connectivity index (χ1n) is 8.22. The smallest absolute Gasteiger partial charge is 0.163 e. The van der Waals surface area contributed by atoms with E-state index in [1.165, 1.54) is 5.56 Å². The van der Waals surface area contributed by atoms with Crippen LogP contribution in [0, 0.1) is 11.3 Å². The molecular weight excluding hydrogens is 308 g/mol. The number of hydrogen-bond donors (Lipinski definition) is 0. The van der Waals surface area contributed by atoms with Crippen molar-refractivity contribution in [3.8, 4) is 28.5 Å². The number of aryl methyl sites for hydroxylation is 1. The van der Waals surface area contributed by atoms with E-state index in [0.29, 0.717) is 5.56 Å². The molecule has 0 aliphatic rings. The van der Waals surface area contributed by atoms with Crippen molar-refractivity contribution in [1.82, 2.24) is 14.6 Å². The van der Waals surface area contributed by atoms with Crippen LogP contribution in [0.2, 0.25) is 0 Å². The number of nitriles is 1. The van der Waals surface area contributed by atoms with E-state index in [9.17, 15) is 0 Å². The summed E-state index contributed by atoms with van der Waals surface area (Å²) in [4.78, 5) is 4.82. The van der Waals surface area contributed by atoms with Crippen molar-refractivity contribution in [2.24, 2.45) is 0 Å². The Kier molecular flexibility index (Phi) is 3.75. The molecule has 120 valence electrons. The van der Waals surface area contributed by atoms with Crippen LogP contribution < -0.4 is 0 Å². The van der Waals surface area contributed by atoms with Crippen molar-refractivity contribution < 1.29 is 0 Å². The number of fused-ring (bicyclic) bond motifs is 1. The normalized spacial score (nSPS) is 10.7. The zero-order valence-corrected chi connectivity index (χ0v) is 13.8. The van der Waals surface area contributed by atoms with Crippen LogP contribution in [0.5, 0.6) is 0 Å². The second-order valence-corrected chi connectivity index (χ2v) is 5.88. The molecular formula is C21H16N4. The fourth-order valence-corrected chi connectivity index (χ4v) is 2.87. The lowest BCUT2D eigenvalue weighted by molar-refractivity contribution is 0.941. The Bertz CT molecular complexity index is 1070. The summed E-state index contributed by atoms with van der Waals surface area (Å²) in [6, 6.07) is 20.1.